The number of hydrogen-bond acceptors (Lipinski definition) is 8. The van der Waals surface area contributed by atoms with E-state index in [0.29, 0.717) is 53.3 Å². The van der Waals surface area contributed by atoms with Crippen LogP contribution in [0.5, 0.6) is 0 Å². The smallest absolute Gasteiger partial charge is 0.319 e. The Morgan fingerprint density at radius 1 is 1.02 bits per heavy atom. The van der Waals surface area contributed by atoms with E-state index in [2.05, 4.69) is 36.0 Å². The van der Waals surface area contributed by atoms with Crippen LogP contribution in [0.1, 0.15) is 5.56 Å². The van der Waals surface area contributed by atoms with Crippen molar-refractivity contribution in [1.82, 2.24) is 25.5 Å². The molecule has 4 aromatic rings. The highest BCUT2D eigenvalue weighted by Gasteiger charge is 2.19. The second-order valence-electron chi connectivity index (χ2n) is 9.25. The first-order valence-corrected chi connectivity index (χ1v) is 14.4. The van der Waals surface area contributed by atoms with Crippen molar-refractivity contribution in [1.29, 1.82) is 0 Å². The molecule has 0 unspecified atom stereocenters. The van der Waals surface area contributed by atoms with Crippen LogP contribution in [-0.4, -0.2) is 88.3 Å². The van der Waals surface area contributed by atoms with Gasteiger partial charge in [-0.2, -0.15) is 0 Å². The number of alkyl halides is 1. The van der Waals surface area contributed by atoms with Crippen LogP contribution >= 0.6 is 23.2 Å². The van der Waals surface area contributed by atoms with Crippen LogP contribution in [0, 0.1) is 0 Å². The number of halogens is 2. The quantitative estimate of drug-likeness (QED) is 0.161. The number of likely N-dealkylation sites (N-methyl/N-ethyl adjacent to an activating group) is 1. The SMILES string of the molecule is CN(C)CCNC(=O)Nc1ccc(CCNc2ncnc3oc(-c4ccccc4)c(Cl)c23)cc1.CNC.COCCCl. The monoisotopic (exact) mass is 617 g/mol. The maximum absolute atomic E-state index is 12.0. The zero-order valence-electron chi connectivity index (χ0n) is 24.8. The Morgan fingerprint density at radius 3 is 2.31 bits per heavy atom. The van der Waals surface area contributed by atoms with Crippen LogP contribution < -0.4 is 21.3 Å². The van der Waals surface area contributed by atoms with Gasteiger partial charge in [0, 0.05) is 43.9 Å². The molecule has 4 N–H and O–H groups in total. The fraction of sp³-hybridized carbons (Fsp3) is 0.367. The van der Waals surface area contributed by atoms with Gasteiger partial charge in [-0.05, 0) is 52.3 Å². The summed E-state index contributed by atoms with van der Waals surface area (Å²) in [5.74, 6) is 1.81. The third-order valence-corrected chi connectivity index (χ3v) is 6.02. The van der Waals surface area contributed by atoms with Gasteiger partial charge in [-0.25, -0.2) is 14.8 Å². The first-order valence-electron chi connectivity index (χ1n) is 13.5. The van der Waals surface area contributed by atoms with Gasteiger partial charge in [0.1, 0.15) is 22.6 Å². The number of benzene rings is 2. The molecule has 2 aromatic heterocycles. The molecular formula is C30H41Cl2N7O3. The Labute approximate surface area is 258 Å². The van der Waals surface area contributed by atoms with Crippen molar-refractivity contribution in [3.63, 3.8) is 0 Å². The minimum Gasteiger partial charge on any atom is -0.436 e. The number of carbonyl (C=O) groups excluding carboxylic acids is 1. The lowest BCUT2D eigenvalue weighted by Gasteiger charge is -2.11. The number of rotatable bonds is 11. The molecule has 0 spiro atoms. The number of hydrogen-bond donors (Lipinski definition) is 4. The van der Waals surface area contributed by atoms with Gasteiger partial charge in [0.05, 0.1) is 6.61 Å². The molecule has 0 fully saturated rings. The van der Waals surface area contributed by atoms with Crippen molar-refractivity contribution in [3.05, 3.63) is 71.5 Å². The van der Waals surface area contributed by atoms with Crippen LogP contribution in [0.4, 0.5) is 16.3 Å². The van der Waals surface area contributed by atoms with Gasteiger partial charge in [-0.3, -0.25) is 0 Å². The first kappa shape index (κ1) is 34.8. The van der Waals surface area contributed by atoms with Crippen molar-refractivity contribution in [3.8, 4) is 11.3 Å². The summed E-state index contributed by atoms with van der Waals surface area (Å²) in [5.41, 5.74) is 3.20. The standard InChI is InChI=1S/C25H27ClN6O2.C3H7ClO.C2H7N/c1-32(2)15-14-28-25(33)31-19-10-8-17(9-11-19)12-13-27-23-20-21(26)22(18-6-4-3-5-7-18)34-24(20)30-16-29-23;1-5-3-2-4;1-3-2/h3-11,16H,12-15H2,1-2H3,(H,27,29,30)(H2,28,31,33);2-3H2,1H3;3H,1-2H3. The van der Waals surface area contributed by atoms with Crippen molar-refractivity contribution in [2.75, 3.05) is 78.1 Å². The molecule has 0 aliphatic rings. The molecule has 2 heterocycles. The zero-order chi connectivity index (χ0) is 30.7. The van der Waals surface area contributed by atoms with E-state index in [1.807, 2.05) is 87.7 Å². The molecule has 228 valence electrons. The third-order valence-electron chi connectivity index (χ3n) is 5.51. The Hall–Kier alpha value is -3.41. The van der Waals surface area contributed by atoms with Crippen molar-refractivity contribution >= 4 is 51.8 Å². The fourth-order valence-corrected chi connectivity index (χ4v) is 4.01. The van der Waals surface area contributed by atoms with E-state index in [4.69, 9.17) is 27.6 Å². The van der Waals surface area contributed by atoms with Crippen molar-refractivity contribution < 1.29 is 13.9 Å². The summed E-state index contributed by atoms with van der Waals surface area (Å²) < 4.78 is 10.5. The number of fused-ring (bicyclic) bond motifs is 1. The summed E-state index contributed by atoms with van der Waals surface area (Å²) in [6.45, 7) is 2.68. The average molecular weight is 619 g/mol. The topological polar surface area (TPSA) is 117 Å². The van der Waals surface area contributed by atoms with E-state index in [-0.39, 0.29) is 6.03 Å². The van der Waals surface area contributed by atoms with E-state index < -0.39 is 0 Å². The molecule has 4 rings (SSSR count). The first-order chi connectivity index (χ1) is 20.3. The fourth-order valence-electron chi connectivity index (χ4n) is 3.53. The number of carbonyl (C=O) groups is 1. The van der Waals surface area contributed by atoms with E-state index in [9.17, 15) is 4.79 Å². The van der Waals surface area contributed by atoms with Gasteiger partial charge in [0.2, 0.25) is 5.71 Å². The Kier molecular flexibility index (Phi) is 16.3. The Morgan fingerprint density at radius 2 is 1.71 bits per heavy atom. The van der Waals surface area contributed by atoms with Crippen LogP contribution in [0.15, 0.2) is 65.3 Å². The summed E-state index contributed by atoms with van der Waals surface area (Å²) in [4.78, 5) is 22.6. The maximum atomic E-state index is 12.0. The van der Waals surface area contributed by atoms with Gasteiger partial charge >= 0.3 is 6.03 Å². The summed E-state index contributed by atoms with van der Waals surface area (Å²) in [5, 5.41) is 12.9. The molecule has 0 saturated heterocycles. The summed E-state index contributed by atoms with van der Waals surface area (Å²) in [6.07, 6.45) is 2.23. The number of anilines is 2. The molecule has 0 atom stereocenters. The zero-order valence-corrected chi connectivity index (χ0v) is 26.4. The van der Waals surface area contributed by atoms with Crippen LogP contribution in [0.2, 0.25) is 5.02 Å². The van der Waals surface area contributed by atoms with Crippen LogP contribution in [-0.2, 0) is 11.2 Å². The van der Waals surface area contributed by atoms with E-state index >= 15 is 0 Å². The lowest BCUT2D eigenvalue weighted by Crippen LogP contribution is -2.34. The highest BCUT2D eigenvalue weighted by atomic mass is 35.5. The van der Waals surface area contributed by atoms with Gasteiger partial charge in [0.25, 0.3) is 0 Å². The lowest BCUT2D eigenvalue weighted by molar-refractivity contribution is 0.218. The molecular weight excluding hydrogens is 577 g/mol. The molecule has 10 nitrogen and oxygen atoms in total. The van der Waals surface area contributed by atoms with Crippen LogP contribution in [0.25, 0.3) is 22.4 Å². The lowest BCUT2D eigenvalue weighted by atomic mass is 10.1. The maximum Gasteiger partial charge on any atom is 0.319 e. The third kappa shape index (κ3) is 11.8. The predicted octanol–water partition coefficient (Wildman–Crippen LogP) is 5.59. The molecule has 0 aliphatic heterocycles. The van der Waals surface area contributed by atoms with Gasteiger partial charge in [-0.1, -0.05) is 54.1 Å². The van der Waals surface area contributed by atoms with Gasteiger partial charge in [-0.15, -0.1) is 11.6 Å². The largest absolute Gasteiger partial charge is 0.436 e. The van der Waals surface area contributed by atoms with E-state index in [1.165, 1.54) is 6.33 Å². The molecule has 2 aromatic carbocycles. The highest BCUT2D eigenvalue weighted by Crippen LogP contribution is 2.39. The normalized spacial score (nSPS) is 10.4. The molecule has 0 bridgehead atoms. The second-order valence-corrected chi connectivity index (χ2v) is 10.0. The molecule has 0 saturated carbocycles. The van der Waals surface area contributed by atoms with Crippen LogP contribution in [0.3, 0.4) is 0 Å². The summed E-state index contributed by atoms with van der Waals surface area (Å²) in [6, 6.07) is 17.2. The molecule has 2 amide bonds. The number of urea groups is 1. The highest BCUT2D eigenvalue weighted by molar-refractivity contribution is 6.38. The Balaban J connectivity index is 0.000000686. The van der Waals surface area contributed by atoms with Gasteiger partial charge < -0.3 is 35.3 Å². The van der Waals surface area contributed by atoms with Crippen molar-refractivity contribution in [2.24, 2.45) is 0 Å². The summed E-state index contributed by atoms with van der Waals surface area (Å²) in [7, 11) is 9.31. The Bertz CT molecular complexity index is 1320. The predicted molar refractivity (Wildman–Crippen MR) is 174 cm³/mol. The molecule has 0 aliphatic carbocycles. The van der Waals surface area contributed by atoms with Crippen molar-refractivity contribution in [2.45, 2.75) is 6.42 Å². The molecule has 42 heavy (non-hydrogen) atoms. The number of methoxy groups -OCH3 is 1. The van der Waals surface area contributed by atoms with E-state index in [0.717, 1.165) is 29.8 Å². The number of nitrogens with zero attached hydrogens (tertiary/aromatic N) is 3. The number of amides is 2. The minimum atomic E-state index is -0.212. The molecule has 0 radical (unpaired) electrons. The minimum absolute atomic E-state index is 0.212. The average Bonchev–Trinajstić information content (AvgIpc) is 3.32. The van der Waals surface area contributed by atoms with E-state index in [1.54, 1.807) is 7.11 Å². The number of nitrogens with one attached hydrogen (secondary N) is 4. The number of ether oxygens (including phenoxy) is 1. The number of aromatic nitrogens is 2. The second kappa shape index (κ2) is 19.7. The molecule has 12 heteroatoms. The number of furan rings is 1. The summed E-state index contributed by atoms with van der Waals surface area (Å²) >= 11 is 11.8. The van der Waals surface area contributed by atoms with Gasteiger partial charge in [0.15, 0.2) is 5.76 Å².